The Morgan fingerprint density at radius 2 is 2.10 bits per heavy atom. The van der Waals surface area contributed by atoms with Crippen molar-refractivity contribution < 1.29 is 19.1 Å². The van der Waals surface area contributed by atoms with Crippen molar-refractivity contribution in [3.8, 4) is 5.75 Å². The van der Waals surface area contributed by atoms with Gasteiger partial charge in [0.05, 0.1) is 30.0 Å². The van der Waals surface area contributed by atoms with Crippen LogP contribution in [0.25, 0.3) is 0 Å². The lowest BCUT2D eigenvalue weighted by atomic mass is 10.0. The molecule has 8 heteroatoms. The predicted octanol–water partition coefficient (Wildman–Crippen LogP) is 1.56. The molecule has 3 aliphatic rings. The number of carbonyl (C=O) groups is 3. The third kappa shape index (κ3) is 4.03. The van der Waals surface area contributed by atoms with Crippen molar-refractivity contribution >= 4 is 35.5 Å². The molecule has 152 valence electrons. The van der Waals surface area contributed by atoms with Gasteiger partial charge in [-0.15, -0.1) is 0 Å². The van der Waals surface area contributed by atoms with Crippen LogP contribution in [0.1, 0.15) is 12.0 Å². The number of methoxy groups -OCH3 is 1. The first-order valence-corrected chi connectivity index (χ1v) is 9.62. The van der Waals surface area contributed by atoms with Crippen molar-refractivity contribution in [2.75, 3.05) is 20.2 Å². The zero-order valence-corrected chi connectivity index (χ0v) is 16.4. The molecule has 1 saturated heterocycles. The summed E-state index contributed by atoms with van der Waals surface area (Å²) in [4.78, 5) is 50.3. The number of para-hydroxylation sites is 1. The number of aliphatic imine (C=N–C) groups is 3. The second kappa shape index (κ2) is 8.36. The van der Waals surface area contributed by atoms with E-state index in [1.165, 1.54) is 12.4 Å². The van der Waals surface area contributed by atoms with Crippen LogP contribution in [0.3, 0.4) is 0 Å². The van der Waals surface area contributed by atoms with Crippen LogP contribution in [-0.2, 0) is 20.8 Å². The van der Waals surface area contributed by atoms with E-state index in [-0.39, 0.29) is 18.2 Å². The third-order valence-electron chi connectivity index (χ3n) is 5.23. The van der Waals surface area contributed by atoms with Gasteiger partial charge in [-0.1, -0.05) is 18.2 Å². The van der Waals surface area contributed by atoms with Gasteiger partial charge < -0.3 is 9.64 Å². The van der Waals surface area contributed by atoms with E-state index in [1.807, 2.05) is 24.3 Å². The first-order valence-electron chi connectivity index (χ1n) is 9.62. The topological polar surface area (TPSA) is 101 Å². The van der Waals surface area contributed by atoms with E-state index in [1.54, 1.807) is 24.2 Å². The molecule has 1 aromatic carbocycles. The number of hydrogen-bond donors (Lipinski definition) is 0. The summed E-state index contributed by atoms with van der Waals surface area (Å²) in [6.45, 7) is 0.843. The molecule has 4 rings (SSSR count). The fraction of sp³-hybridized carbons (Fsp3) is 0.273. The number of nitrogens with zero attached hydrogens (tertiary/aromatic N) is 4. The monoisotopic (exact) mass is 404 g/mol. The Kier molecular flexibility index (Phi) is 5.47. The third-order valence-corrected chi connectivity index (χ3v) is 5.23. The highest BCUT2D eigenvalue weighted by molar-refractivity contribution is 6.36. The van der Waals surface area contributed by atoms with E-state index in [2.05, 4.69) is 15.0 Å². The Labute approximate surface area is 173 Å². The molecule has 0 spiro atoms. The van der Waals surface area contributed by atoms with Crippen molar-refractivity contribution in [3.05, 3.63) is 53.6 Å². The Morgan fingerprint density at radius 3 is 2.93 bits per heavy atom. The molecular formula is C22H20N4O4. The number of fused-ring (bicyclic) bond motifs is 1. The van der Waals surface area contributed by atoms with Crippen molar-refractivity contribution in [1.29, 1.82) is 0 Å². The van der Waals surface area contributed by atoms with Gasteiger partial charge in [-0.25, -0.2) is 9.98 Å². The van der Waals surface area contributed by atoms with Gasteiger partial charge in [0.25, 0.3) is 11.8 Å². The van der Waals surface area contributed by atoms with Crippen LogP contribution in [-0.4, -0.2) is 60.6 Å². The summed E-state index contributed by atoms with van der Waals surface area (Å²) < 4.78 is 5.35. The maximum Gasteiger partial charge on any atom is 0.280 e. The predicted molar refractivity (Wildman–Crippen MR) is 112 cm³/mol. The maximum atomic E-state index is 12.6. The maximum absolute atomic E-state index is 12.6. The average Bonchev–Trinajstić information content (AvgIpc) is 3.14. The smallest absolute Gasteiger partial charge is 0.280 e. The molecule has 2 aliphatic heterocycles. The minimum absolute atomic E-state index is 0.0628. The summed E-state index contributed by atoms with van der Waals surface area (Å²) in [6.07, 6.45) is 6.75. The Balaban J connectivity index is 1.40. The molecule has 1 fully saturated rings. The molecule has 30 heavy (non-hydrogen) atoms. The van der Waals surface area contributed by atoms with Crippen LogP contribution in [0.5, 0.6) is 5.75 Å². The quantitative estimate of drug-likeness (QED) is 0.695. The number of allylic oxidation sites excluding steroid dienone is 3. The van der Waals surface area contributed by atoms with Crippen LogP contribution >= 0.6 is 0 Å². The molecule has 1 aromatic rings. The molecule has 2 heterocycles. The zero-order chi connectivity index (χ0) is 21.1. The summed E-state index contributed by atoms with van der Waals surface area (Å²) in [7, 11) is 1.62. The molecule has 0 saturated carbocycles. The Bertz CT molecular complexity index is 1060. The van der Waals surface area contributed by atoms with E-state index >= 15 is 0 Å². The second-order valence-electron chi connectivity index (χ2n) is 7.13. The van der Waals surface area contributed by atoms with Gasteiger partial charge >= 0.3 is 0 Å². The van der Waals surface area contributed by atoms with Gasteiger partial charge in [0, 0.05) is 19.5 Å². The number of amides is 3. The van der Waals surface area contributed by atoms with Gasteiger partial charge in [-0.2, -0.15) is 4.99 Å². The van der Waals surface area contributed by atoms with E-state index in [9.17, 15) is 14.4 Å². The number of ether oxygens (including phenoxy) is 1. The van der Waals surface area contributed by atoms with Crippen molar-refractivity contribution in [3.63, 3.8) is 0 Å². The molecule has 3 amide bonds. The SMILES string of the molecule is COc1ccccc1CCN1CC(C(=O)N=C2C=CC3=NC=NC(=O)C3=C2)CC1=O. The zero-order valence-electron chi connectivity index (χ0n) is 16.4. The standard InChI is InChI=1S/C22H20N4O4/c1-30-19-5-3-2-4-14(19)8-9-26-12-15(10-20(26)27)21(28)25-16-6-7-18-17(11-16)22(29)24-13-23-18/h2-7,11,13,15H,8-10,12H2,1H3. The molecule has 0 N–H and O–H groups in total. The van der Waals surface area contributed by atoms with Crippen LogP contribution in [0.2, 0.25) is 0 Å². The molecule has 1 unspecified atom stereocenters. The molecule has 1 atom stereocenters. The molecule has 1 aliphatic carbocycles. The first-order chi connectivity index (χ1) is 14.5. The van der Waals surface area contributed by atoms with Crippen molar-refractivity contribution in [1.82, 2.24) is 4.90 Å². The molecular weight excluding hydrogens is 384 g/mol. The first kappa shape index (κ1) is 19.6. The summed E-state index contributed by atoms with van der Waals surface area (Å²) in [5, 5.41) is 0. The number of hydrogen-bond acceptors (Lipinski definition) is 5. The Hall–Kier alpha value is -3.68. The van der Waals surface area contributed by atoms with Gasteiger partial charge in [0.15, 0.2) is 0 Å². The van der Waals surface area contributed by atoms with Gasteiger partial charge in [0.1, 0.15) is 12.1 Å². The van der Waals surface area contributed by atoms with Gasteiger partial charge in [-0.3, -0.25) is 14.4 Å². The highest BCUT2D eigenvalue weighted by atomic mass is 16.5. The van der Waals surface area contributed by atoms with Crippen LogP contribution < -0.4 is 4.74 Å². The molecule has 0 aromatic heterocycles. The lowest BCUT2D eigenvalue weighted by Gasteiger charge is -2.17. The number of rotatable bonds is 5. The van der Waals surface area contributed by atoms with Crippen LogP contribution in [0, 0.1) is 5.92 Å². The van der Waals surface area contributed by atoms with Gasteiger partial charge in [-0.05, 0) is 36.3 Å². The van der Waals surface area contributed by atoms with Crippen LogP contribution in [0.4, 0.5) is 0 Å². The number of carbonyl (C=O) groups excluding carboxylic acids is 3. The summed E-state index contributed by atoms with van der Waals surface area (Å²) in [5.74, 6) is -0.559. The Morgan fingerprint density at radius 1 is 1.27 bits per heavy atom. The van der Waals surface area contributed by atoms with Crippen LogP contribution in [0.15, 0.2) is 63.0 Å². The fourth-order valence-corrected chi connectivity index (χ4v) is 3.63. The highest BCUT2D eigenvalue weighted by Gasteiger charge is 2.34. The average molecular weight is 404 g/mol. The fourth-order valence-electron chi connectivity index (χ4n) is 3.63. The highest BCUT2D eigenvalue weighted by Crippen LogP contribution is 2.23. The summed E-state index contributed by atoms with van der Waals surface area (Å²) in [5.41, 5.74) is 2.19. The lowest BCUT2D eigenvalue weighted by Crippen LogP contribution is -2.28. The molecule has 0 radical (unpaired) electrons. The second-order valence-corrected chi connectivity index (χ2v) is 7.13. The summed E-state index contributed by atoms with van der Waals surface area (Å²) in [6, 6.07) is 7.67. The van der Waals surface area contributed by atoms with E-state index in [4.69, 9.17) is 4.74 Å². The molecule has 0 bridgehead atoms. The number of benzene rings is 1. The molecule has 8 nitrogen and oxygen atoms in total. The summed E-state index contributed by atoms with van der Waals surface area (Å²) >= 11 is 0. The van der Waals surface area contributed by atoms with Crippen molar-refractivity contribution in [2.24, 2.45) is 20.9 Å². The lowest BCUT2D eigenvalue weighted by molar-refractivity contribution is -0.128. The van der Waals surface area contributed by atoms with E-state index < -0.39 is 11.8 Å². The minimum atomic E-state index is -0.496. The minimum Gasteiger partial charge on any atom is -0.496 e. The normalized spacial score (nSPS) is 21.6. The van der Waals surface area contributed by atoms with E-state index in [0.29, 0.717) is 36.5 Å². The van der Waals surface area contributed by atoms with E-state index in [0.717, 1.165) is 11.3 Å². The largest absolute Gasteiger partial charge is 0.496 e. The van der Waals surface area contributed by atoms with Crippen molar-refractivity contribution in [2.45, 2.75) is 12.8 Å². The van der Waals surface area contributed by atoms with Gasteiger partial charge in [0.2, 0.25) is 5.91 Å². The number of likely N-dealkylation sites (tertiary alicyclic amines) is 1.